The predicted molar refractivity (Wildman–Crippen MR) is 70.1 cm³/mol. The van der Waals surface area contributed by atoms with Crippen LogP contribution in [0.2, 0.25) is 0 Å². The molecule has 0 spiro atoms. The standard InChI is InChI=1S/C15H17NO2/c1-11-5-3-6-13(9-11)10-15(17)16-12(2)14-7-4-8-18-14/h3-9,12H,10H2,1-2H3,(H,16,17). The monoisotopic (exact) mass is 243 g/mol. The number of hydrogen-bond donors (Lipinski definition) is 1. The van der Waals surface area contributed by atoms with Crippen LogP contribution in [0, 0.1) is 6.92 Å². The Bertz CT molecular complexity index is 517. The van der Waals surface area contributed by atoms with Crippen LogP contribution in [-0.2, 0) is 11.2 Å². The highest BCUT2D eigenvalue weighted by atomic mass is 16.3. The molecule has 0 fully saturated rings. The smallest absolute Gasteiger partial charge is 0.224 e. The third-order valence-corrected chi connectivity index (χ3v) is 2.79. The number of aryl methyl sites for hydroxylation is 1. The summed E-state index contributed by atoms with van der Waals surface area (Å²) in [5.74, 6) is 0.775. The van der Waals surface area contributed by atoms with E-state index in [9.17, 15) is 4.79 Å². The molecule has 94 valence electrons. The molecule has 0 aliphatic carbocycles. The second-order valence-corrected chi connectivity index (χ2v) is 4.47. The van der Waals surface area contributed by atoms with Gasteiger partial charge in [-0.25, -0.2) is 0 Å². The third kappa shape index (κ3) is 3.23. The van der Waals surface area contributed by atoms with Crippen molar-refractivity contribution < 1.29 is 9.21 Å². The molecule has 1 aromatic heterocycles. The van der Waals surface area contributed by atoms with Crippen LogP contribution >= 0.6 is 0 Å². The molecular formula is C15H17NO2. The summed E-state index contributed by atoms with van der Waals surface area (Å²) < 4.78 is 5.25. The zero-order valence-electron chi connectivity index (χ0n) is 10.6. The van der Waals surface area contributed by atoms with E-state index in [1.807, 2.05) is 50.2 Å². The molecule has 3 nitrogen and oxygen atoms in total. The van der Waals surface area contributed by atoms with Crippen molar-refractivity contribution in [1.29, 1.82) is 0 Å². The van der Waals surface area contributed by atoms with Gasteiger partial charge in [0.15, 0.2) is 0 Å². The number of nitrogens with one attached hydrogen (secondary N) is 1. The lowest BCUT2D eigenvalue weighted by atomic mass is 10.1. The van der Waals surface area contributed by atoms with E-state index in [0.29, 0.717) is 6.42 Å². The van der Waals surface area contributed by atoms with Crippen molar-refractivity contribution in [2.75, 3.05) is 0 Å². The van der Waals surface area contributed by atoms with Crippen LogP contribution in [0.25, 0.3) is 0 Å². The van der Waals surface area contributed by atoms with Crippen LogP contribution in [0.4, 0.5) is 0 Å². The first-order chi connectivity index (χ1) is 8.65. The molecule has 1 aromatic carbocycles. The minimum absolute atomic E-state index is 0.00417. The van der Waals surface area contributed by atoms with Crippen molar-refractivity contribution in [3.05, 3.63) is 59.5 Å². The first-order valence-corrected chi connectivity index (χ1v) is 6.03. The highest BCUT2D eigenvalue weighted by Gasteiger charge is 2.11. The van der Waals surface area contributed by atoms with E-state index in [1.54, 1.807) is 6.26 Å². The van der Waals surface area contributed by atoms with Crippen LogP contribution in [-0.4, -0.2) is 5.91 Å². The Morgan fingerprint density at radius 1 is 1.33 bits per heavy atom. The summed E-state index contributed by atoms with van der Waals surface area (Å²) in [6.45, 7) is 3.93. The second kappa shape index (κ2) is 5.54. The second-order valence-electron chi connectivity index (χ2n) is 4.47. The van der Waals surface area contributed by atoms with E-state index >= 15 is 0 Å². The molecule has 18 heavy (non-hydrogen) atoms. The molecule has 1 amide bonds. The summed E-state index contributed by atoms with van der Waals surface area (Å²) in [6.07, 6.45) is 2.01. The maximum atomic E-state index is 11.9. The zero-order chi connectivity index (χ0) is 13.0. The first-order valence-electron chi connectivity index (χ1n) is 6.03. The Morgan fingerprint density at radius 3 is 2.83 bits per heavy atom. The largest absolute Gasteiger partial charge is 0.467 e. The van der Waals surface area contributed by atoms with Crippen LogP contribution in [0.5, 0.6) is 0 Å². The van der Waals surface area contributed by atoms with Crippen molar-refractivity contribution in [3.63, 3.8) is 0 Å². The van der Waals surface area contributed by atoms with Crippen molar-refractivity contribution in [3.8, 4) is 0 Å². The van der Waals surface area contributed by atoms with Crippen LogP contribution < -0.4 is 5.32 Å². The molecule has 2 aromatic rings. The van der Waals surface area contributed by atoms with Gasteiger partial charge >= 0.3 is 0 Å². The summed E-state index contributed by atoms with van der Waals surface area (Å²) in [6, 6.07) is 11.6. The van der Waals surface area contributed by atoms with Crippen molar-refractivity contribution in [2.24, 2.45) is 0 Å². The van der Waals surface area contributed by atoms with Gasteiger partial charge in [0.05, 0.1) is 18.7 Å². The third-order valence-electron chi connectivity index (χ3n) is 2.79. The molecule has 0 aliphatic heterocycles. The van der Waals surface area contributed by atoms with Crippen LogP contribution in [0.3, 0.4) is 0 Å². The Hall–Kier alpha value is -2.03. The van der Waals surface area contributed by atoms with Gasteiger partial charge in [0.1, 0.15) is 5.76 Å². The fourth-order valence-corrected chi connectivity index (χ4v) is 1.91. The number of carbonyl (C=O) groups is 1. The maximum Gasteiger partial charge on any atom is 0.224 e. The number of carbonyl (C=O) groups excluding carboxylic acids is 1. The topological polar surface area (TPSA) is 42.2 Å². The van der Waals surface area contributed by atoms with Gasteiger partial charge in [0, 0.05) is 0 Å². The molecule has 2 rings (SSSR count). The Labute approximate surface area is 107 Å². The van der Waals surface area contributed by atoms with Crippen molar-refractivity contribution >= 4 is 5.91 Å². The van der Waals surface area contributed by atoms with E-state index in [4.69, 9.17) is 4.42 Å². The minimum Gasteiger partial charge on any atom is -0.467 e. The van der Waals surface area contributed by atoms with Gasteiger partial charge in [0.2, 0.25) is 5.91 Å². The predicted octanol–water partition coefficient (Wildman–Crippen LogP) is 3.01. The fourth-order valence-electron chi connectivity index (χ4n) is 1.91. The summed E-state index contributed by atoms with van der Waals surface area (Å²) in [7, 11) is 0. The number of hydrogen-bond acceptors (Lipinski definition) is 2. The quantitative estimate of drug-likeness (QED) is 0.897. The Morgan fingerprint density at radius 2 is 2.17 bits per heavy atom. The van der Waals surface area contributed by atoms with Crippen molar-refractivity contribution in [2.45, 2.75) is 26.3 Å². The van der Waals surface area contributed by atoms with Gasteiger partial charge in [-0.15, -0.1) is 0 Å². The lowest BCUT2D eigenvalue weighted by molar-refractivity contribution is -0.121. The molecule has 1 unspecified atom stereocenters. The van der Waals surface area contributed by atoms with E-state index in [1.165, 1.54) is 5.56 Å². The van der Waals surface area contributed by atoms with Gasteiger partial charge in [-0.2, -0.15) is 0 Å². The molecule has 0 saturated carbocycles. The summed E-state index contributed by atoms with van der Waals surface area (Å²) in [5, 5.41) is 2.92. The first kappa shape index (κ1) is 12.4. The molecule has 1 N–H and O–H groups in total. The molecule has 0 aliphatic rings. The normalized spacial score (nSPS) is 12.1. The average Bonchev–Trinajstić information content (AvgIpc) is 2.81. The highest BCUT2D eigenvalue weighted by molar-refractivity contribution is 5.78. The molecule has 1 heterocycles. The molecule has 0 bridgehead atoms. The maximum absolute atomic E-state index is 11.9. The molecule has 1 atom stereocenters. The van der Waals surface area contributed by atoms with Gasteiger partial charge in [-0.05, 0) is 31.5 Å². The number of amides is 1. The Balaban J connectivity index is 1.93. The van der Waals surface area contributed by atoms with E-state index in [0.717, 1.165) is 11.3 Å². The van der Waals surface area contributed by atoms with E-state index in [-0.39, 0.29) is 11.9 Å². The average molecular weight is 243 g/mol. The zero-order valence-corrected chi connectivity index (χ0v) is 10.6. The lowest BCUT2D eigenvalue weighted by Gasteiger charge is -2.11. The number of furan rings is 1. The van der Waals surface area contributed by atoms with Gasteiger partial charge < -0.3 is 9.73 Å². The SMILES string of the molecule is Cc1cccc(CC(=O)NC(C)c2ccco2)c1. The Kier molecular flexibility index (Phi) is 3.82. The highest BCUT2D eigenvalue weighted by Crippen LogP contribution is 2.12. The molecule has 3 heteroatoms. The van der Waals surface area contributed by atoms with Gasteiger partial charge in [0.25, 0.3) is 0 Å². The van der Waals surface area contributed by atoms with Crippen molar-refractivity contribution in [1.82, 2.24) is 5.32 Å². The number of benzene rings is 1. The van der Waals surface area contributed by atoms with Crippen LogP contribution in [0.1, 0.15) is 29.9 Å². The minimum atomic E-state index is -0.0997. The van der Waals surface area contributed by atoms with Gasteiger partial charge in [-0.3, -0.25) is 4.79 Å². The number of rotatable bonds is 4. The molecule has 0 saturated heterocycles. The van der Waals surface area contributed by atoms with E-state index < -0.39 is 0 Å². The lowest BCUT2D eigenvalue weighted by Crippen LogP contribution is -2.27. The molecule has 0 radical (unpaired) electrons. The molecular weight excluding hydrogens is 226 g/mol. The van der Waals surface area contributed by atoms with Gasteiger partial charge in [-0.1, -0.05) is 29.8 Å². The fraction of sp³-hybridized carbons (Fsp3) is 0.267. The van der Waals surface area contributed by atoms with E-state index in [2.05, 4.69) is 5.32 Å². The summed E-state index contributed by atoms with van der Waals surface area (Å²) in [5.41, 5.74) is 2.19. The summed E-state index contributed by atoms with van der Waals surface area (Å²) in [4.78, 5) is 11.9. The van der Waals surface area contributed by atoms with Crippen LogP contribution in [0.15, 0.2) is 47.1 Å². The summed E-state index contributed by atoms with van der Waals surface area (Å²) >= 11 is 0.